The minimum atomic E-state index is -5.08. The van der Waals surface area contributed by atoms with Gasteiger partial charge in [0.15, 0.2) is 0 Å². The summed E-state index contributed by atoms with van der Waals surface area (Å²) in [5.74, 6) is -5.29. The molecule has 0 spiro atoms. The predicted octanol–water partition coefficient (Wildman–Crippen LogP) is 3.97. The number of hydrogen-bond acceptors (Lipinski definition) is 6. The first kappa shape index (κ1) is 33.9. The predicted molar refractivity (Wildman–Crippen MR) is 135 cm³/mol. The third kappa shape index (κ3) is 11.7. The van der Waals surface area contributed by atoms with Gasteiger partial charge in [-0.25, -0.2) is 19.0 Å². The molecule has 2 aromatic carbocycles. The van der Waals surface area contributed by atoms with Gasteiger partial charge in [0, 0.05) is 43.7 Å². The molecule has 2 heterocycles. The van der Waals surface area contributed by atoms with E-state index in [4.69, 9.17) is 25.5 Å². The summed E-state index contributed by atoms with van der Waals surface area (Å²) in [7, 11) is 0. The lowest BCUT2D eigenvalue weighted by molar-refractivity contribution is -0.193. The maximum Gasteiger partial charge on any atom is 0.490 e. The van der Waals surface area contributed by atoms with Crippen LogP contribution in [0.25, 0.3) is 11.4 Å². The Bertz CT molecular complexity index is 1390. The molecule has 5 N–H and O–H groups in total. The highest BCUT2D eigenvalue weighted by Gasteiger charge is 2.38. The SMILES string of the molecule is N[C@@H]1CCN(Cc2ccc(-c3nc(Cc4cccc(F)c4)cc(=O)[nH]3)cc2)C1.O=C(O)C(F)(F)F.O=C(O)C(F)(F)F. The minimum absolute atomic E-state index is 0.216. The van der Waals surface area contributed by atoms with Gasteiger partial charge in [0.25, 0.3) is 5.56 Å². The van der Waals surface area contributed by atoms with Crippen molar-refractivity contribution < 1.29 is 50.5 Å². The fraction of sp³-hybridized carbons (Fsp3) is 0.308. The van der Waals surface area contributed by atoms with Crippen LogP contribution < -0.4 is 11.3 Å². The fourth-order valence-electron chi connectivity index (χ4n) is 3.62. The highest BCUT2D eigenvalue weighted by atomic mass is 19.4. The van der Waals surface area contributed by atoms with Gasteiger partial charge in [-0.2, -0.15) is 26.3 Å². The molecular formula is C26H25F7N4O5. The number of H-pyrrole nitrogens is 1. The van der Waals surface area contributed by atoms with Crippen molar-refractivity contribution >= 4 is 11.9 Å². The molecule has 3 aromatic rings. The molecule has 4 rings (SSSR count). The third-order valence-electron chi connectivity index (χ3n) is 5.50. The first-order valence-electron chi connectivity index (χ1n) is 12.0. The zero-order valence-corrected chi connectivity index (χ0v) is 21.5. The summed E-state index contributed by atoms with van der Waals surface area (Å²) in [6, 6.07) is 16.1. The molecule has 0 amide bonds. The van der Waals surface area contributed by atoms with Gasteiger partial charge < -0.3 is 20.9 Å². The molecule has 228 valence electrons. The van der Waals surface area contributed by atoms with Crippen LogP contribution in [0.5, 0.6) is 0 Å². The molecule has 0 unspecified atom stereocenters. The normalized spacial score (nSPS) is 15.2. The highest BCUT2D eigenvalue weighted by Crippen LogP contribution is 2.19. The van der Waals surface area contributed by atoms with Gasteiger partial charge in [-0.3, -0.25) is 9.69 Å². The van der Waals surface area contributed by atoms with Crippen molar-refractivity contribution in [2.75, 3.05) is 13.1 Å². The first-order chi connectivity index (χ1) is 19.4. The molecule has 1 saturated heterocycles. The smallest absolute Gasteiger partial charge is 0.475 e. The lowest BCUT2D eigenvalue weighted by Gasteiger charge is -2.15. The van der Waals surface area contributed by atoms with E-state index < -0.39 is 24.3 Å². The molecule has 1 aromatic heterocycles. The number of nitrogens with two attached hydrogens (primary N) is 1. The summed E-state index contributed by atoms with van der Waals surface area (Å²) in [6.45, 7) is 2.83. The van der Waals surface area contributed by atoms with Crippen LogP contribution >= 0.6 is 0 Å². The molecule has 0 bridgehead atoms. The Labute approximate surface area is 233 Å². The zero-order valence-electron chi connectivity index (χ0n) is 21.5. The number of carboxylic acids is 2. The number of aliphatic carboxylic acids is 2. The quantitative estimate of drug-likeness (QED) is 0.319. The van der Waals surface area contributed by atoms with Crippen molar-refractivity contribution in [3.05, 3.63) is 87.6 Å². The molecule has 1 aliphatic heterocycles. The monoisotopic (exact) mass is 606 g/mol. The van der Waals surface area contributed by atoms with E-state index in [9.17, 15) is 35.5 Å². The Morgan fingerprint density at radius 1 is 0.952 bits per heavy atom. The van der Waals surface area contributed by atoms with Crippen LogP contribution in [0, 0.1) is 5.82 Å². The molecule has 1 aliphatic rings. The minimum Gasteiger partial charge on any atom is -0.475 e. The number of likely N-dealkylation sites (tertiary alicyclic amines) is 1. The van der Waals surface area contributed by atoms with Crippen LogP contribution in [0.2, 0.25) is 0 Å². The fourth-order valence-corrected chi connectivity index (χ4v) is 3.62. The zero-order chi connectivity index (χ0) is 31.7. The van der Waals surface area contributed by atoms with Gasteiger partial charge in [0.05, 0.1) is 5.69 Å². The highest BCUT2D eigenvalue weighted by molar-refractivity contribution is 5.73. The lowest BCUT2D eigenvalue weighted by atomic mass is 10.1. The maximum absolute atomic E-state index is 13.4. The van der Waals surface area contributed by atoms with Crippen LogP contribution in [0.3, 0.4) is 0 Å². The second kappa shape index (κ2) is 14.5. The number of rotatable bonds is 5. The number of aromatic nitrogens is 2. The summed E-state index contributed by atoms with van der Waals surface area (Å²) in [5.41, 5.74) is 9.19. The van der Waals surface area contributed by atoms with E-state index in [0.29, 0.717) is 17.9 Å². The van der Waals surface area contributed by atoms with Crippen molar-refractivity contribution in [2.24, 2.45) is 5.73 Å². The van der Waals surface area contributed by atoms with E-state index in [1.165, 1.54) is 23.8 Å². The second-order valence-electron chi connectivity index (χ2n) is 8.98. The number of carbonyl (C=O) groups is 2. The lowest BCUT2D eigenvalue weighted by Crippen LogP contribution is -2.26. The van der Waals surface area contributed by atoms with Crippen LogP contribution in [-0.2, 0) is 22.6 Å². The van der Waals surface area contributed by atoms with Crippen LogP contribution in [-0.4, -0.2) is 68.5 Å². The number of benzene rings is 2. The average Bonchev–Trinajstić information content (AvgIpc) is 3.28. The third-order valence-corrected chi connectivity index (χ3v) is 5.50. The molecule has 1 fully saturated rings. The number of halogens is 7. The summed E-state index contributed by atoms with van der Waals surface area (Å²) < 4.78 is 76.9. The second-order valence-corrected chi connectivity index (χ2v) is 8.98. The van der Waals surface area contributed by atoms with Crippen LogP contribution in [0.15, 0.2) is 59.4 Å². The van der Waals surface area contributed by atoms with Gasteiger partial charge in [-0.1, -0.05) is 36.4 Å². The summed E-state index contributed by atoms with van der Waals surface area (Å²) in [4.78, 5) is 39.6. The van der Waals surface area contributed by atoms with Crippen molar-refractivity contribution in [2.45, 2.75) is 37.8 Å². The van der Waals surface area contributed by atoms with Crippen LogP contribution in [0.4, 0.5) is 30.7 Å². The van der Waals surface area contributed by atoms with E-state index >= 15 is 0 Å². The summed E-state index contributed by atoms with van der Waals surface area (Å²) in [5, 5.41) is 14.2. The molecule has 9 nitrogen and oxygen atoms in total. The van der Waals surface area contributed by atoms with Crippen molar-refractivity contribution in [3.63, 3.8) is 0 Å². The molecular weight excluding hydrogens is 581 g/mol. The first-order valence-corrected chi connectivity index (χ1v) is 12.0. The van der Waals surface area contributed by atoms with E-state index in [2.05, 4.69) is 27.0 Å². The number of aromatic amines is 1. The Kier molecular flexibility index (Phi) is 11.7. The van der Waals surface area contributed by atoms with Gasteiger partial charge in [0.1, 0.15) is 11.6 Å². The van der Waals surface area contributed by atoms with Crippen molar-refractivity contribution in [3.8, 4) is 11.4 Å². The number of carboxylic acid groups (broad SMARTS) is 2. The maximum atomic E-state index is 13.4. The Balaban J connectivity index is 0.000000367. The van der Waals surface area contributed by atoms with Crippen LogP contribution in [0.1, 0.15) is 23.2 Å². The number of alkyl halides is 6. The number of nitrogens with zero attached hydrogens (tertiary/aromatic N) is 2. The van der Waals surface area contributed by atoms with Gasteiger partial charge in [-0.05, 0) is 29.7 Å². The molecule has 16 heteroatoms. The summed E-state index contributed by atoms with van der Waals surface area (Å²) in [6.07, 6.45) is -8.72. The number of nitrogens with one attached hydrogen (secondary N) is 1. The van der Waals surface area contributed by atoms with E-state index in [0.717, 1.165) is 37.2 Å². The topological polar surface area (TPSA) is 150 Å². The molecule has 0 aliphatic carbocycles. The van der Waals surface area contributed by atoms with E-state index in [1.54, 1.807) is 6.07 Å². The van der Waals surface area contributed by atoms with Crippen molar-refractivity contribution in [1.29, 1.82) is 0 Å². The van der Waals surface area contributed by atoms with Gasteiger partial charge in [-0.15, -0.1) is 0 Å². The molecule has 1 atom stereocenters. The average molecular weight is 606 g/mol. The Morgan fingerprint density at radius 2 is 1.52 bits per heavy atom. The summed E-state index contributed by atoms with van der Waals surface area (Å²) >= 11 is 0. The van der Waals surface area contributed by atoms with Gasteiger partial charge >= 0.3 is 24.3 Å². The van der Waals surface area contributed by atoms with Crippen molar-refractivity contribution in [1.82, 2.24) is 14.9 Å². The molecule has 0 saturated carbocycles. The largest absolute Gasteiger partial charge is 0.490 e. The molecule has 42 heavy (non-hydrogen) atoms. The standard InChI is InChI=1S/C22H23FN4O.2C2HF3O2/c23-18-3-1-2-16(10-18)11-20-12-21(28)26-22(25-20)17-6-4-15(5-7-17)13-27-9-8-19(24)14-27;2*3-2(4,5)1(6)7/h1-7,10,12,19H,8-9,11,13-14,24H2,(H,25,26,28);2*(H,6,7)/t19-;;/m1../s1. The number of hydrogen-bond donors (Lipinski definition) is 4. The Morgan fingerprint density at radius 3 is 2.00 bits per heavy atom. The van der Waals surface area contributed by atoms with E-state index in [1.807, 2.05) is 18.2 Å². The van der Waals surface area contributed by atoms with E-state index in [-0.39, 0.29) is 17.4 Å². The Hall–Kier alpha value is -4.31. The molecule has 0 radical (unpaired) electrons. The van der Waals surface area contributed by atoms with Gasteiger partial charge in [0.2, 0.25) is 0 Å².